The zero-order valence-corrected chi connectivity index (χ0v) is 15.4. The van der Waals surface area contributed by atoms with Crippen LogP contribution < -0.4 is 9.91 Å². The summed E-state index contributed by atoms with van der Waals surface area (Å²) in [6.45, 7) is 6.31. The van der Waals surface area contributed by atoms with Crippen molar-refractivity contribution in [3.05, 3.63) is 90.5 Å². The molecule has 0 spiro atoms. The van der Waals surface area contributed by atoms with Crippen molar-refractivity contribution in [2.45, 2.75) is 13.8 Å². The highest BCUT2D eigenvalue weighted by Crippen LogP contribution is 2.26. The molecule has 0 unspecified atom stereocenters. The Kier molecular flexibility index (Phi) is 6.05. The minimum Gasteiger partial charge on any atom is -0.372 e. The van der Waals surface area contributed by atoms with Gasteiger partial charge in [-0.1, -0.05) is 54.6 Å². The summed E-state index contributed by atoms with van der Waals surface area (Å²) < 4.78 is 0. The third-order valence-corrected chi connectivity index (χ3v) is 4.35. The predicted molar refractivity (Wildman–Crippen MR) is 113 cm³/mol. The van der Waals surface area contributed by atoms with Gasteiger partial charge < -0.3 is 4.90 Å². The Morgan fingerprint density at radius 3 is 1.73 bits per heavy atom. The SMILES string of the molecule is CCN(CC)c1ccccc1/C=N/N(c1ccccc1)c1ccccc1. The molecule has 3 aromatic rings. The maximum atomic E-state index is 4.83. The Balaban J connectivity index is 1.98. The number of para-hydroxylation sites is 3. The van der Waals surface area contributed by atoms with Gasteiger partial charge in [-0.3, -0.25) is 0 Å². The molecule has 0 atom stereocenters. The van der Waals surface area contributed by atoms with E-state index < -0.39 is 0 Å². The van der Waals surface area contributed by atoms with Crippen LogP contribution in [0.25, 0.3) is 0 Å². The van der Waals surface area contributed by atoms with Crippen molar-refractivity contribution in [2.75, 3.05) is 23.0 Å². The third kappa shape index (κ3) is 4.12. The van der Waals surface area contributed by atoms with Gasteiger partial charge in [-0.05, 0) is 44.2 Å². The maximum Gasteiger partial charge on any atom is 0.0652 e. The Bertz CT molecular complexity index is 785. The van der Waals surface area contributed by atoms with E-state index in [1.54, 1.807) is 0 Å². The molecule has 0 saturated carbocycles. The Morgan fingerprint density at radius 1 is 0.692 bits per heavy atom. The number of hydrazone groups is 1. The van der Waals surface area contributed by atoms with E-state index in [-0.39, 0.29) is 0 Å². The average molecular weight is 343 g/mol. The van der Waals surface area contributed by atoms with Crippen LogP contribution in [0.1, 0.15) is 19.4 Å². The minimum atomic E-state index is 0.975. The molecule has 132 valence electrons. The van der Waals surface area contributed by atoms with E-state index in [9.17, 15) is 0 Å². The quantitative estimate of drug-likeness (QED) is 0.404. The Labute approximate surface area is 156 Å². The highest BCUT2D eigenvalue weighted by molar-refractivity contribution is 5.89. The van der Waals surface area contributed by atoms with Gasteiger partial charge in [0, 0.05) is 24.3 Å². The summed E-state index contributed by atoms with van der Waals surface area (Å²) in [6, 6.07) is 28.9. The molecule has 0 saturated heterocycles. The van der Waals surface area contributed by atoms with Gasteiger partial charge in [0.15, 0.2) is 0 Å². The van der Waals surface area contributed by atoms with Crippen LogP contribution in [-0.2, 0) is 0 Å². The zero-order valence-electron chi connectivity index (χ0n) is 15.4. The van der Waals surface area contributed by atoms with Gasteiger partial charge in [0.25, 0.3) is 0 Å². The minimum absolute atomic E-state index is 0.975. The molecule has 3 aromatic carbocycles. The van der Waals surface area contributed by atoms with Gasteiger partial charge in [0.05, 0.1) is 17.6 Å². The molecule has 0 aliphatic heterocycles. The zero-order chi connectivity index (χ0) is 18.2. The molecule has 0 radical (unpaired) electrons. The molecule has 26 heavy (non-hydrogen) atoms. The Hall–Kier alpha value is -3.07. The predicted octanol–water partition coefficient (Wildman–Crippen LogP) is 5.71. The lowest BCUT2D eigenvalue weighted by Crippen LogP contribution is -2.23. The second-order valence-corrected chi connectivity index (χ2v) is 5.96. The normalized spacial score (nSPS) is 10.8. The lowest BCUT2D eigenvalue weighted by Gasteiger charge is -2.23. The number of hydrogen-bond acceptors (Lipinski definition) is 3. The van der Waals surface area contributed by atoms with E-state index >= 15 is 0 Å². The van der Waals surface area contributed by atoms with Gasteiger partial charge in [0.2, 0.25) is 0 Å². The summed E-state index contributed by atoms with van der Waals surface area (Å²) in [5.74, 6) is 0. The topological polar surface area (TPSA) is 18.8 Å². The fourth-order valence-electron chi connectivity index (χ4n) is 2.99. The average Bonchev–Trinajstić information content (AvgIpc) is 2.72. The van der Waals surface area contributed by atoms with E-state index in [4.69, 9.17) is 5.10 Å². The molecule has 0 N–H and O–H groups in total. The number of anilines is 3. The molecular formula is C23H25N3. The summed E-state index contributed by atoms with van der Waals surface area (Å²) >= 11 is 0. The van der Waals surface area contributed by atoms with Crippen LogP contribution in [0.15, 0.2) is 90.0 Å². The van der Waals surface area contributed by atoms with Crippen LogP contribution in [0.3, 0.4) is 0 Å². The molecular weight excluding hydrogens is 318 g/mol. The van der Waals surface area contributed by atoms with E-state index in [1.807, 2.05) is 47.6 Å². The first-order chi connectivity index (χ1) is 12.8. The van der Waals surface area contributed by atoms with Crippen molar-refractivity contribution in [1.29, 1.82) is 0 Å². The summed E-state index contributed by atoms with van der Waals surface area (Å²) in [5.41, 5.74) is 4.40. The van der Waals surface area contributed by atoms with Crippen molar-refractivity contribution in [3.63, 3.8) is 0 Å². The lowest BCUT2D eigenvalue weighted by atomic mass is 10.1. The molecule has 0 aromatic heterocycles. The molecule has 0 heterocycles. The molecule has 3 rings (SSSR count). The summed E-state index contributed by atoms with van der Waals surface area (Å²) in [5, 5.41) is 6.80. The van der Waals surface area contributed by atoms with Crippen molar-refractivity contribution in [3.8, 4) is 0 Å². The highest BCUT2D eigenvalue weighted by Gasteiger charge is 2.09. The first kappa shape index (κ1) is 17.7. The van der Waals surface area contributed by atoms with Crippen molar-refractivity contribution in [2.24, 2.45) is 5.10 Å². The first-order valence-electron chi connectivity index (χ1n) is 9.11. The van der Waals surface area contributed by atoms with Crippen LogP contribution in [-0.4, -0.2) is 19.3 Å². The molecule has 3 nitrogen and oxygen atoms in total. The number of benzene rings is 3. The molecule has 0 amide bonds. The number of nitrogens with zero attached hydrogens (tertiary/aromatic N) is 3. The van der Waals surface area contributed by atoms with Crippen LogP contribution in [0.5, 0.6) is 0 Å². The third-order valence-electron chi connectivity index (χ3n) is 4.35. The molecule has 0 bridgehead atoms. The van der Waals surface area contributed by atoms with Gasteiger partial charge in [-0.15, -0.1) is 0 Å². The van der Waals surface area contributed by atoms with Gasteiger partial charge in [0.1, 0.15) is 0 Å². The second kappa shape index (κ2) is 8.86. The summed E-state index contributed by atoms with van der Waals surface area (Å²) in [6.07, 6.45) is 1.95. The van der Waals surface area contributed by atoms with Crippen molar-refractivity contribution >= 4 is 23.3 Å². The lowest BCUT2D eigenvalue weighted by molar-refractivity contribution is 0.865. The summed E-state index contributed by atoms with van der Waals surface area (Å²) in [4.78, 5) is 2.34. The standard InChI is InChI=1S/C23H25N3/c1-3-25(4-2)23-18-12-11-13-20(23)19-24-26(21-14-7-5-8-15-21)22-16-9-6-10-17-22/h5-19H,3-4H2,1-2H3/b24-19+. The molecule has 0 fully saturated rings. The molecule has 3 heteroatoms. The van der Waals surface area contributed by atoms with E-state index in [1.165, 1.54) is 5.69 Å². The van der Waals surface area contributed by atoms with Gasteiger partial charge >= 0.3 is 0 Å². The fraction of sp³-hybridized carbons (Fsp3) is 0.174. The second-order valence-electron chi connectivity index (χ2n) is 5.96. The van der Waals surface area contributed by atoms with Crippen LogP contribution in [0, 0.1) is 0 Å². The Morgan fingerprint density at radius 2 is 1.19 bits per heavy atom. The number of hydrogen-bond donors (Lipinski definition) is 0. The van der Waals surface area contributed by atoms with Gasteiger partial charge in [-0.25, -0.2) is 5.01 Å². The number of rotatable bonds is 7. The maximum absolute atomic E-state index is 4.83. The van der Waals surface area contributed by atoms with Crippen molar-refractivity contribution in [1.82, 2.24) is 0 Å². The smallest absolute Gasteiger partial charge is 0.0652 e. The van der Waals surface area contributed by atoms with E-state index in [0.29, 0.717) is 0 Å². The van der Waals surface area contributed by atoms with E-state index in [0.717, 1.165) is 30.0 Å². The fourth-order valence-corrected chi connectivity index (χ4v) is 2.99. The van der Waals surface area contributed by atoms with Gasteiger partial charge in [-0.2, -0.15) is 5.10 Å². The molecule has 0 aliphatic rings. The largest absolute Gasteiger partial charge is 0.372 e. The first-order valence-corrected chi connectivity index (χ1v) is 9.11. The monoisotopic (exact) mass is 343 g/mol. The van der Waals surface area contributed by atoms with Crippen LogP contribution in [0.4, 0.5) is 17.1 Å². The molecule has 0 aliphatic carbocycles. The van der Waals surface area contributed by atoms with Crippen LogP contribution in [0.2, 0.25) is 0 Å². The van der Waals surface area contributed by atoms with E-state index in [2.05, 4.69) is 67.3 Å². The summed E-state index contributed by atoms with van der Waals surface area (Å²) in [7, 11) is 0. The van der Waals surface area contributed by atoms with Crippen molar-refractivity contribution < 1.29 is 0 Å². The van der Waals surface area contributed by atoms with Crippen LogP contribution >= 0.6 is 0 Å². The highest BCUT2D eigenvalue weighted by atomic mass is 15.5.